The Morgan fingerprint density at radius 1 is 1.50 bits per heavy atom. The summed E-state index contributed by atoms with van der Waals surface area (Å²) >= 11 is 1.63. The van der Waals surface area contributed by atoms with Crippen molar-refractivity contribution in [2.24, 2.45) is 0 Å². The quantitative estimate of drug-likeness (QED) is 0.683. The zero-order chi connectivity index (χ0) is 8.39. The molecule has 0 atom stereocenters. The standard InChI is InChI=1S/C9H12N2S/c1-12-11-8-2-3-9-7(6-8)4-5-10-9/h2-3,6,10-11H,4-5H2,1H3. The van der Waals surface area contributed by atoms with Crippen LogP contribution in [0, 0.1) is 0 Å². The summed E-state index contributed by atoms with van der Waals surface area (Å²) in [7, 11) is 0. The molecule has 1 heterocycles. The van der Waals surface area contributed by atoms with Crippen LogP contribution in [0.4, 0.5) is 11.4 Å². The van der Waals surface area contributed by atoms with E-state index in [0.29, 0.717) is 0 Å². The number of fused-ring (bicyclic) bond motifs is 1. The SMILES string of the molecule is CSNc1ccc2c(c1)CCN2. The summed E-state index contributed by atoms with van der Waals surface area (Å²) in [5, 5.41) is 3.33. The lowest BCUT2D eigenvalue weighted by Gasteiger charge is -2.04. The molecule has 0 radical (unpaired) electrons. The van der Waals surface area contributed by atoms with Crippen molar-refractivity contribution >= 4 is 23.3 Å². The van der Waals surface area contributed by atoms with E-state index in [1.54, 1.807) is 11.9 Å². The van der Waals surface area contributed by atoms with E-state index in [-0.39, 0.29) is 0 Å². The molecule has 0 fully saturated rings. The lowest BCUT2D eigenvalue weighted by Crippen LogP contribution is -1.90. The monoisotopic (exact) mass is 180 g/mol. The number of nitrogens with one attached hydrogen (secondary N) is 2. The van der Waals surface area contributed by atoms with Crippen molar-refractivity contribution in [2.75, 3.05) is 22.8 Å². The average Bonchev–Trinajstić information content (AvgIpc) is 2.51. The molecule has 0 saturated heterocycles. The Hall–Kier alpha value is -0.830. The van der Waals surface area contributed by atoms with Gasteiger partial charge in [-0.1, -0.05) is 11.9 Å². The highest BCUT2D eigenvalue weighted by Crippen LogP contribution is 2.25. The molecule has 0 unspecified atom stereocenters. The number of hydrogen-bond donors (Lipinski definition) is 2. The van der Waals surface area contributed by atoms with E-state index in [2.05, 4.69) is 28.2 Å². The number of anilines is 2. The molecule has 0 spiro atoms. The fourth-order valence-electron chi connectivity index (χ4n) is 1.49. The number of benzene rings is 1. The van der Waals surface area contributed by atoms with Crippen LogP contribution in [-0.4, -0.2) is 12.8 Å². The van der Waals surface area contributed by atoms with Crippen LogP contribution >= 0.6 is 11.9 Å². The maximum absolute atomic E-state index is 3.33. The fourth-order valence-corrected chi connectivity index (χ4v) is 1.85. The summed E-state index contributed by atoms with van der Waals surface area (Å²) in [6.07, 6.45) is 3.19. The molecule has 0 amide bonds. The predicted octanol–water partition coefficient (Wildman–Crippen LogP) is 2.34. The van der Waals surface area contributed by atoms with Crippen LogP contribution in [0.1, 0.15) is 5.56 Å². The van der Waals surface area contributed by atoms with E-state index in [1.165, 1.54) is 16.9 Å². The van der Waals surface area contributed by atoms with Gasteiger partial charge in [-0.05, 0) is 30.2 Å². The summed E-state index contributed by atoms with van der Waals surface area (Å²) in [6.45, 7) is 1.08. The zero-order valence-corrected chi connectivity index (χ0v) is 7.87. The zero-order valence-electron chi connectivity index (χ0n) is 7.05. The molecule has 2 rings (SSSR count). The molecule has 0 aromatic heterocycles. The van der Waals surface area contributed by atoms with Gasteiger partial charge >= 0.3 is 0 Å². The highest BCUT2D eigenvalue weighted by atomic mass is 32.2. The van der Waals surface area contributed by atoms with E-state index in [4.69, 9.17) is 0 Å². The first kappa shape index (κ1) is 7.80. The van der Waals surface area contributed by atoms with Gasteiger partial charge in [-0.3, -0.25) is 0 Å². The lowest BCUT2D eigenvalue weighted by molar-refractivity contribution is 1.11. The average molecular weight is 180 g/mol. The van der Waals surface area contributed by atoms with Crippen LogP contribution in [0.15, 0.2) is 18.2 Å². The smallest absolute Gasteiger partial charge is 0.0444 e. The summed E-state index contributed by atoms with van der Waals surface area (Å²) in [4.78, 5) is 0. The largest absolute Gasteiger partial charge is 0.384 e. The topological polar surface area (TPSA) is 24.1 Å². The van der Waals surface area contributed by atoms with E-state index >= 15 is 0 Å². The van der Waals surface area contributed by atoms with Crippen molar-refractivity contribution in [1.29, 1.82) is 0 Å². The van der Waals surface area contributed by atoms with E-state index in [0.717, 1.165) is 13.0 Å². The van der Waals surface area contributed by atoms with E-state index in [1.807, 2.05) is 6.26 Å². The molecule has 12 heavy (non-hydrogen) atoms. The van der Waals surface area contributed by atoms with Crippen molar-refractivity contribution in [3.05, 3.63) is 23.8 Å². The van der Waals surface area contributed by atoms with Gasteiger partial charge in [0.15, 0.2) is 0 Å². The van der Waals surface area contributed by atoms with Gasteiger partial charge in [0.05, 0.1) is 0 Å². The molecule has 0 aliphatic carbocycles. The Kier molecular flexibility index (Phi) is 2.13. The van der Waals surface area contributed by atoms with Gasteiger partial charge in [0.1, 0.15) is 0 Å². The van der Waals surface area contributed by atoms with Gasteiger partial charge in [-0.25, -0.2) is 0 Å². The van der Waals surface area contributed by atoms with Crippen LogP contribution in [0.2, 0.25) is 0 Å². The molecular formula is C9H12N2S. The van der Waals surface area contributed by atoms with Crippen molar-refractivity contribution in [1.82, 2.24) is 0 Å². The molecule has 0 saturated carbocycles. The molecule has 1 aliphatic heterocycles. The van der Waals surface area contributed by atoms with Gasteiger partial charge in [0.2, 0.25) is 0 Å². The summed E-state index contributed by atoms with van der Waals surface area (Å²) in [6, 6.07) is 6.46. The van der Waals surface area contributed by atoms with E-state index < -0.39 is 0 Å². The minimum Gasteiger partial charge on any atom is -0.384 e. The number of rotatable bonds is 2. The van der Waals surface area contributed by atoms with Gasteiger partial charge in [-0.2, -0.15) is 0 Å². The molecule has 1 aromatic rings. The normalized spacial score (nSPS) is 13.8. The molecule has 2 nitrogen and oxygen atoms in total. The van der Waals surface area contributed by atoms with Crippen molar-refractivity contribution in [3.63, 3.8) is 0 Å². The highest BCUT2D eigenvalue weighted by Gasteiger charge is 2.08. The third-order valence-corrected chi connectivity index (χ3v) is 2.47. The second-order valence-corrected chi connectivity index (χ2v) is 3.47. The molecule has 3 heteroatoms. The first-order valence-electron chi connectivity index (χ1n) is 4.06. The summed E-state index contributed by atoms with van der Waals surface area (Å²) in [5.41, 5.74) is 3.92. The van der Waals surface area contributed by atoms with Gasteiger partial charge in [-0.15, -0.1) is 0 Å². The summed E-state index contributed by atoms with van der Waals surface area (Å²) in [5.74, 6) is 0. The fraction of sp³-hybridized carbons (Fsp3) is 0.333. The highest BCUT2D eigenvalue weighted by molar-refractivity contribution is 7.99. The van der Waals surface area contributed by atoms with Crippen LogP contribution < -0.4 is 10.0 Å². The first-order chi connectivity index (χ1) is 5.90. The van der Waals surface area contributed by atoms with E-state index in [9.17, 15) is 0 Å². The minimum absolute atomic E-state index is 1.08. The second-order valence-electron chi connectivity index (χ2n) is 2.85. The van der Waals surface area contributed by atoms with Crippen LogP contribution in [-0.2, 0) is 6.42 Å². The maximum atomic E-state index is 3.33. The van der Waals surface area contributed by atoms with Gasteiger partial charge < -0.3 is 10.0 Å². The Balaban J connectivity index is 2.26. The number of hydrogen-bond acceptors (Lipinski definition) is 3. The molecule has 1 aliphatic rings. The second kappa shape index (κ2) is 3.27. The Labute approximate surface area is 76.9 Å². The van der Waals surface area contributed by atoms with Crippen LogP contribution in [0.5, 0.6) is 0 Å². The molecule has 2 N–H and O–H groups in total. The van der Waals surface area contributed by atoms with Crippen LogP contribution in [0.25, 0.3) is 0 Å². The van der Waals surface area contributed by atoms with Crippen molar-refractivity contribution in [3.8, 4) is 0 Å². The van der Waals surface area contributed by atoms with Gasteiger partial charge in [0, 0.05) is 24.2 Å². The Morgan fingerprint density at radius 3 is 3.25 bits per heavy atom. The minimum atomic E-state index is 1.08. The van der Waals surface area contributed by atoms with Gasteiger partial charge in [0.25, 0.3) is 0 Å². The van der Waals surface area contributed by atoms with Crippen molar-refractivity contribution in [2.45, 2.75) is 6.42 Å². The first-order valence-corrected chi connectivity index (χ1v) is 5.28. The van der Waals surface area contributed by atoms with Crippen LogP contribution in [0.3, 0.4) is 0 Å². The molecule has 0 bridgehead atoms. The molecule has 1 aromatic carbocycles. The third kappa shape index (κ3) is 1.37. The third-order valence-electron chi connectivity index (χ3n) is 2.03. The lowest BCUT2D eigenvalue weighted by atomic mass is 10.1. The Morgan fingerprint density at radius 2 is 2.42 bits per heavy atom. The summed E-state index contributed by atoms with van der Waals surface area (Å²) < 4.78 is 3.23. The maximum Gasteiger partial charge on any atom is 0.0444 e. The Bertz CT molecular complexity index is 286. The van der Waals surface area contributed by atoms with Crippen molar-refractivity contribution < 1.29 is 0 Å². The predicted molar refractivity (Wildman–Crippen MR) is 55.8 cm³/mol. The molecular weight excluding hydrogens is 168 g/mol. The molecule has 64 valence electrons.